The van der Waals surface area contributed by atoms with E-state index in [1.165, 1.54) is 24.6 Å². The highest BCUT2D eigenvalue weighted by molar-refractivity contribution is 6.91. The zero-order chi connectivity index (χ0) is 20.1. The van der Waals surface area contributed by atoms with Gasteiger partial charge in [-0.25, -0.2) is 0 Å². The smallest absolute Gasteiger partial charge is 0.130 e. The van der Waals surface area contributed by atoms with Crippen molar-refractivity contribution in [1.29, 1.82) is 0 Å². The van der Waals surface area contributed by atoms with E-state index in [0.717, 1.165) is 16.6 Å². The maximum atomic E-state index is 4.09. The third-order valence-corrected chi connectivity index (χ3v) is 19.4. The largest absolute Gasteiger partial charge is 0.145 e. The molecule has 0 aliphatic rings. The molecular formula is C23H48Si2. The standard InChI is InChI=1S/C23H48Si2/c1-13-24(14-2,15-3)22(18-23(10,11)12)16-17-25(19(4)5,20(6)7)21(8)9/h19-22H,13-15,18H2,1-12H3. The van der Waals surface area contributed by atoms with Crippen LogP contribution in [0.15, 0.2) is 0 Å². The van der Waals surface area contributed by atoms with Gasteiger partial charge in [-0.3, -0.25) is 0 Å². The molecule has 0 nitrogen and oxygen atoms in total. The summed E-state index contributed by atoms with van der Waals surface area (Å²) >= 11 is 0. The van der Waals surface area contributed by atoms with Gasteiger partial charge in [0.25, 0.3) is 0 Å². The van der Waals surface area contributed by atoms with E-state index in [2.05, 4.69) is 94.5 Å². The molecule has 0 aromatic rings. The van der Waals surface area contributed by atoms with E-state index in [1.807, 2.05) is 0 Å². The molecule has 0 aromatic carbocycles. The molecule has 0 amide bonds. The Balaban J connectivity index is 6.23. The number of rotatable bonds is 8. The third kappa shape index (κ3) is 6.00. The molecule has 0 aliphatic heterocycles. The summed E-state index contributed by atoms with van der Waals surface area (Å²) in [6.07, 6.45) is 1.28. The van der Waals surface area contributed by atoms with Crippen molar-refractivity contribution in [2.24, 2.45) is 5.41 Å². The first-order valence-electron chi connectivity index (χ1n) is 10.9. The molecule has 0 saturated heterocycles. The van der Waals surface area contributed by atoms with Gasteiger partial charge in [-0.1, -0.05) is 101 Å². The molecule has 2 heteroatoms. The van der Waals surface area contributed by atoms with E-state index in [1.54, 1.807) is 0 Å². The lowest BCUT2D eigenvalue weighted by Crippen LogP contribution is -2.44. The van der Waals surface area contributed by atoms with Crippen LogP contribution < -0.4 is 0 Å². The van der Waals surface area contributed by atoms with Crippen LogP contribution in [0.5, 0.6) is 0 Å². The van der Waals surface area contributed by atoms with Crippen molar-refractivity contribution in [3.05, 3.63) is 0 Å². The van der Waals surface area contributed by atoms with Crippen LogP contribution in [-0.4, -0.2) is 16.1 Å². The first-order chi connectivity index (χ1) is 11.3. The highest BCUT2D eigenvalue weighted by Crippen LogP contribution is 2.43. The predicted octanol–water partition coefficient (Wildman–Crippen LogP) is 8.52. The maximum Gasteiger partial charge on any atom is 0.145 e. The average Bonchev–Trinajstić information content (AvgIpc) is 2.47. The molecule has 0 spiro atoms. The average molecular weight is 381 g/mol. The molecule has 0 saturated carbocycles. The van der Waals surface area contributed by atoms with Crippen LogP contribution in [-0.2, 0) is 0 Å². The SMILES string of the molecule is CC[Si](CC)(CC)C(C#C[Si](C(C)C)(C(C)C)C(C)C)CC(C)(C)C. The second kappa shape index (κ2) is 9.79. The molecule has 0 N–H and O–H groups in total. The summed E-state index contributed by atoms with van der Waals surface area (Å²) in [7, 11) is -2.93. The fourth-order valence-electron chi connectivity index (χ4n) is 5.17. The number of hydrogen-bond acceptors (Lipinski definition) is 0. The summed E-state index contributed by atoms with van der Waals surface area (Å²) in [5, 5.41) is 0. The minimum atomic E-state index is -1.62. The van der Waals surface area contributed by atoms with Crippen molar-refractivity contribution in [2.45, 2.75) is 130 Å². The van der Waals surface area contributed by atoms with Crippen molar-refractivity contribution >= 4 is 16.1 Å². The van der Waals surface area contributed by atoms with Gasteiger partial charge in [0, 0.05) is 5.54 Å². The van der Waals surface area contributed by atoms with Crippen LogP contribution in [0.1, 0.15) is 89.5 Å². The van der Waals surface area contributed by atoms with Gasteiger partial charge in [0.15, 0.2) is 0 Å². The Morgan fingerprint density at radius 2 is 1.08 bits per heavy atom. The minimum absolute atomic E-state index is 0.370. The predicted molar refractivity (Wildman–Crippen MR) is 124 cm³/mol. The molecule has 0 heterocycles. The highest BCUT2D eigenvalue weighted by Gasteiger charge is 2.43. The van der Waals surface area contributed by atoms with Crippen molar-refractivity contribution in [3.8, 4) is 11.5 Å². The van der Waals surface area contributed by atoms with Gasteiger partial charge in [0.05, 0.1) is 8.07 Å². The van der Waals surface area contributed by atoms with Gasteiger partial charge in [-0.15, -0.1) is 11.5 Å². The molecule has 1 unspecified atom stereocenters. The highest BCUT2D eigenvalue weighted by atomic mass is 28.3. The van der Waals surface area contributed by atoms with E-state index in [-0.39, 0.29) is 0 Å². The van der Waals surface area contributed by atoms with Crippen LogP contribution in [0.2, 0.25) is 40.3 Å². The van der Waals surface area contributed by atoms with Crippen LogP contribution >= 0.6 is 0 Å². The van der Waals surface area contributed by atoms with Gasteiger partial charge in [0.1, 0.15) is 8.07 Å². The monoisotopic (exact) mass is 380 g/mol. The minimum Gasteiger partial charge on any atom is -0.130 e. The molecule has 148 valence electrons. The first kappa shape index (κ1) is 25.0. The summed E-state index contributed by atoms with van der Waals surface area (Å²) in [5.74, 6) is 4.03. The summed E-state index contributed by atoms with van der Waals surface area (Å²) in [5.41, 5.74) is 7.32. The normalized spacial score (nSPS) is 14.8. The molecule has 0 rings (SSSR count). The fraction of sp³-hybridized carbons (Fsp3) is 0.913. The van der Waals surface area contributed by atoms with E-state index >= 15 is 0 Å². The molecule has 0 aliphatic carbocycles. The zero-order valence-corrected chi connectivity index (χ0v) is 21.6. The molecule has 25 heavy (non-hydrogen) atoms. The van der Waals surface area contributed by atoms with Crippen molar-refractivity contribution < 1.29 is 0 Å². The van der Waals surface area contributed by atoms with Crippen LogP contribution in [0.3, 0.4) is 0 Å². The van der Waals surface area contributed by atoms with Gasteiger partial charge in [-0.2, -0.15) is 0 Å². The Labute approximate surface area is 163 Å². The second-order valence-electron chi connectivity index (χ2n) is 10.4. The van der Waals surface area contributed by atoms with Crippen molar-refractivity contribution in [2.75, 3.05) is 0 Å². The second-order valence-corrected chi connectivity index (χ2v) is 21.5. The lowest BCUT2D eigenvalue weighted by Gasteiger charge is -2.40. The van der Waals surface area contributed by atoms with Crippen LogP contribution in [0.4, 0.5) is 0 Å². The van der Waals surface area contributed by atoms with E-state index in [4.69, 9.17) is 0 Å². The van der Waals surface area contributed by atoms with Crippen molar-refractivity contribution in [1.82, 2.24) is 0 Å². The molecular weight excluding hydrogens is 332 g/mol. The molecule has 0 fully saturated rings. The Morgan fingerprint density at radius 1 is 0.720 bits per heavy atom. The molecule has 1 atom stereocenters. The van der Waals surface area contributed by atoms with Gasteiger partial charge in [-0.05, 0) is 28.5 Å². The van der Waals surface area contributed by atoms with E-state index < -0.39 is 16.1 Å². The van der Waals surface area contributed by atoms with Crippen molar-refractivity contribution in [3.63, 3.8) is 0 Å². The Morgan fingerprint density at radius 3 is 1.32 bits per heavy atom. The molecule has 0 aromatic heterocycles. The summed E-state index contributed by atoms with van der Waals surface area (Å²) in [6.45, 7) is 29.1. The fourth-order valence-corrected chi connectivity index (χ4v) is 15.0. The Hall–Kier alpha value is -0.00623. The Bertz CT molecular complexity index is 409. The third-order valence-electron chi connectivity index (χ3n) is 7.00. The zero-order valence-electron chi connectivity index (χ0n) is 19.6. The van der Waals surface area contributed by atoms with Crippen LogP contribution in [0.25, 0.3) is 0 Å². The van der Waals surface area contributed by atoms with Gasteiger partial charge >= 0.3 is 0 Å². The van der Waals surface area contributed by atoms with Gasteiger partial charge in [0.2, 0.25) is 0 Å². The quantitative estimate of drug-likeness (QED) is 0.292. The molecule has 0 radical (unpaired) electrons. The lowest BCUT2D eigenvalue weighted by atomic mass is 9.90. The maximum absolute atomic E-state index is 4.09. The van der Waals surface area contributed by atoms with E-state index in [9.17, 15) is 0 Å². The van der Waals surface area contributed by atoms with E-state index in [0.29, 0.717) is 11.0 Å². The topological polar surface area (TPSA) is 0 Å². The summed E-state index contributed by atoms with van der Waals surface area (Å²) < 4.78 is 0. The first-order valence-corrected chi connectivity index (χ1v) is 15.8. The summed E-state index contributed by atoms with van der Waals surface area (Å²) in [4.78, 5) is 0. The van der Waals surface area contributed by atoms with Crippen LogP contribution in [0, 0.1) is 16.9 Å². The molecule has 0 bridgehead atoms. The van der Waals surface area contributed by atoms with Gasteiger partial charge < -0.3 is 0 Å². The number of hydrogen-bond donors (Lipinski definition) is 0. The summed E-state index contributed by atoms with van der Waals surface area (Å²) in [6, 6.07) is 4.15. The lowest BCUT2D eigenvalue weighted by molar-refractivity contribution is 0.379. The Kier molecular flexibility index (Phi) is 9.79.